The number of carbonyl (C=O) groups is 1. The lowest BCUT2D eigenvalue weighted by molar-refractivity contribution is -0.121. The van der Waals surface area contributed by atoms with Gasteiger partial charge in [-0.15, -0.1) is 0 Å². The van der Waals surface area contributed by atoms with Crippen LogP contribution in [0.15, 0.2) is 34.2 Å². The maximum Gasteiger partial charge on any atom is 0.262 e. The number of hydrogen-bond donors (Lipinski definition) is 1. The average molecular weight is 388 g/mol. The second-order valence-electron chi connectivity index (χ2n) is 7.64. The van der Waals surface area contributed by atoms with Gasteiger partial charge < -0.3 is 5.32 Å². The molecule has 0 radical (unpaired) electrons. The van der Waals surface area contributed by atoms with Crippen molar-refractivity contribution >= 4 is 28.6 Å². The van der Waals surface area contributed by atoms with Crippen LogP contribution in [0.2, 0.25) is 0 Å². The predicted molar refractivity (Wildman–Crippen MR) is 111 cm³/mol. The van der Waals surface area contributed by atoms with E-state index >= 15 is 0 Å². The molecule has 1 aliphatic rings. The standard InChI is InChI=1S/C21H29N3O2S/c1-14(2)24-20(26)17-12-8-9-13-18(17)23-21(24)27-15(3)19(25)22-16-10-6-4-5-7-11-16/h8-9,12-16H,4-7,10-11H2,1-3H3,(H,22,25)/t15-/m1/s1. The van der Waals surface area contributed by atoms with Crippen LogP contribution in [-0.4, -0.2) is 26.8 Å². The Balaban J connectivity index is 1.81. The van der Waals surface area contributed by atoms with Crippen LogP contribution < -0.4 is 10.9 Å². The molecular weight excluding hydrogens is 358 g/mol. The zero-order chi connectivity index (χ0) is 19.4. The third kappa shape index (κ3) is 4.72. The first-order chi connectivity index (χ1) is 13.0. The summed E-state index contributed by atoms with van der Waals surface area (Å²) in [5.74, 6) is 0.0320. The van der Waals surface area contributed by atoms with Gasteiger partial charge >= 0.3 is 0 Å². The summed E-state index contributed by atoms with van der Waals surface area (Å²) in [7, 11) is 0. The Morgan fingerprint density at radius 3 is 2.48 bits per heavy atom. The highest BCUT2D eigenvalue weighted by molar-refractivity contribution is 8.00. The molecule has 27 heavy (non-hydrogen) atoms. The maximum atomic E-state index is 12.9. The fourth-order valence-corrected chi connectivity index (χ4v) is 4.67. The van der Waals surface area contributed by atoms with E-state index in [0.29, 0.717) is 16.1 Å². The summed E-state index contributed by atoms with van der Waals surface area (Å²) in [5.41, 5.74) is 0.632. The highest BCUT2D eigenvalue weighted by Crippen LogP contribution is 2.25. The van der Waals surface area contributed by atoms with Gasteiger partial charge in [0.05, 0.1) is 16.2 Å². The molecule has 2 aromatic rings. The quantitative estimate of drug-likeness (QED) is 0.472. The zero-order valence-electron chi connectivity index (χ0n) is 16.4. The van der Waals surface area contributed by atoms with Crippen LogP contribution in [0.4, 0.5) is 0 Å². The van der Waals surface area contributed by atoms with Gasteiger partial charge in [0, 0.05) is 12.1 Å². The number of carbonyl (C=O) groups excluding carboxylic acids is 1. The highest BCUT2D eigenvalue weighted by Gasteiger charge is 2.23. The van der Waals surface area contributed by atoms with Crippen molar-refractivity contribution in [2.24, 2.45) is 0 Å². The second kappa shape index (κ2) is 8.91. The van der Waals surface area contributed by atoms with E-state index in [9.17, 15) is 9.59 Å². The molecule has 0 saturated heterocycles. The molecule has 1 heterocycles. The maximum absolute atomic E-state index is 12.9. The lowest BCUT2D eigenvalue weighted by atomic mass is 10.1. The van der Waals surface area contributed by atoms with Gasteiger partial charge in [-0.1, -0.05) is 49.6 Å². The molecule has 1 atom stereocenters. The van der Waals surface area contributed by atoms with Gasteiger partial charge in [0.15, 0.2) is 5.16 Å². The Bertz CT molecular complexity index is 854. The molecule has 1 fully saturated rings. The number of para-hydroxylation sites is 1. The number of nitrogens with one attached hydrogen (secondary N) is 1. The normalized spacial score (nSPS) is 17.0. The van der Waals surface area contributed by atoms with Gasteiger partial charge in [0.25, 0.3) is 5.56 Å². The van der Waals surface area contributed by atoms with E-state index in [0.717, 1.165) is 12.8 Å². The Kier molecular flexibility index (Phi) is 6.58. The molecule has 1 aromatic carbocycles. The molecule has 3 rings (SSSR count). The van der Waals surface area contributed by atoms with Crippen LogP contribution >= 0.6 is 11.8 Å². The van der Waals surface area contributed by atoms with Gasteiger partial charge in [0.2, 0.25) is 5.91 Å². The number of amides is 1. The van der Waals surface area contributed by atoms with E-state index in [2.05, 4.69) is 10.3 Å². The predicted octanol–water partition coefficient (Wildman–Crippen LogP) is 4.30. The van der Waals surface area contributed by atoms with Crippen molar-refractivity contribution < 1.29 is 4.79 Å². The van der Waals surface area contributed by atoms with Crippen molar-refractivity contribution in [2.75, 3.05) is 0 Å². The summed E-state index contributed by atoms with van der Waals surface area (Å²) in [4.78, 5) is 30.3. The van der Waals surface area contributed by atoms with E-state index < -0.39 is 0 Å². The third-order valence-corrected chi connectivity index (χ3v) is 6.21. The van der Waals surface area contributed by atoms with Crippen molar-refractivity contribution in [3.63, 3.8) is 0 Å². The Morgan fingerprint density at radius 1 is 1.15 bits per heavy atom. The number of aromatic nitrogens is 2. The van der Waals surface area contributed by atoms with Crippen LogP contribution in [0.25, 0.3) is 10.9 Å². The molecule has 6 heteroatoms. The number of benzene rings is 1. The molecule has 0 spiro atoms. The van der Waals surface area contributed by atoms with Crippen molar-refractivity contribution in [1.29, 1.82) is 0 Å². The van der Waals surface area contributed by atoms with Gasteiger partial charge in [-0.25, -0.2) is 4.98 Å². The first kappa shape index (κ1) is 19.9. The van der Waals surface area contributed by atoms with Crippen molar-refractivity contribution in [3.05, 3.63) is 34.6 Å². The minimum absolute atomic E-state index is 0.0192. The molecule has 0 unspecified atom stereocenters. The summed E-state index contributed by atoms with van der Waals surface area (Å²) in [6.07, 6.45) is 7.02. The third-order valence-electron chi connectivity index (χ3n) is 5.14. The van der Waals surface area contributed by atoms with Gasteiger partial charge in [-0.05, 0) is 45.7 Å². The minimum Gasteiger partial charge on any atom is -0.352 e. The van der Waals surface area contributed by atoms with E-state index in [1.54, 1.807) is 10.6 Å². The summed E-state index contributed by atoms with van der Waals surface area (Å²) < 4.78 is 1.70. The minimum atomic E-state index is -0.300. The Morgan fingerprint density at radius 2 is 1.81 bits per heavy atom. The molecule has 1 saturated carbocycles. The van der Waals surface area contributed by atoms with Crippen molar-refractivity contribution in [3.8, 4) is 0 Å². The lowest BCUT2D eigenvalue weighted by Gasteiger charge is -2.21. The van der Waals surface area contributed by atoms with Gasteiger partial charge in [-0.2, -0.15) is 0 Å². The van der Waals surface area contributed by atoms with Crippen LogP contribution in [0, 0.1) is 0 Å². The smallest absolute Gasteiger partial charge is 0.262 e. The van der Waals surface area contributed by atoms with Crippen LogP contribution in [-0.2, 0) is 4.79 Å². The Labute approximate surface area is 164 Å². The van der Waals surface area contributed by atoms with Gasteiger partial charge in [0.1, 0.15) is 0 Å². The molecule has 5 nitrogen and oxygen atoms in total. The molecule has 0 aliphatic heterocycles. The molecule has 1 aromatic heterocycles. The summed E-state index contributed by atoms with van der Waals surface area (Å²) in [6.45, 7) is 5.83. The van der Waals surface area contributed by atoms with Crippen LogP contribution in [0.1, 0.15) is 65.3 Å². The van der Waals surface area contributed by atoms with E-state index in [-0.39, 0.29) is 28.8 Å². The molecule has 1 aliphatic carbocycles. The lowest BCUT2D eigenvalue weighted by Crippen LogP contribution is -2.39. The summed E-state index contributed by atoms with van der Waals surface area (Å²) in [5, 5.41) is 4.13. The number of hydrogen-bond acceptors (Lipinski definition) is 4. The number of nitrogens with zero attached hydrogens (tertiary/aromatic N) is 2. The molecule has 0 bridgehead atoms. The Hall–Kier alpha value is -1.82. The average Bonchev–Trinajstić information content (AvgIpc) is 2.90. The zero-order valence-corrected chi connectivity index (χ0v) is 17.2. The first-order valence-corrected chi connectivity index (χ1v) is 10.8. The van der Waals surface area contributed by atoms with Crippen LogP contribution in [0.5, 0.6) is 0 Å². The fraction of sp³-hybridized carbons (Fsp3) is 0.571. The van der Waals surface area contributed by atoms with Crippen LogP contribution in [0.3, 0.4) is 0 Å². The fourth-order valence-electron chi connectivity index (χ4n) is 3.62. The van der Waals surface area contributed by atoms with Gasteiger partial charge in [-0.3, -0.25) is 14.2 Å². The molecular formula is C21H29N3O2S. The first-order valence-electron chi connectivity index (χ1n) is 9.95. The number of fused-ring (bicyclic) bond motifs is 1. The highest BCUT2D eigenvalue weighted by atomic mass is 32.2. The summed E-state index contributed by atoms with van der Waals surface area (Å²) in [6, 6.07) is 7.65. The number of rotatable bonds is 5. The molecule has 1 N–H and O–H groups in total. The van der Waals surface area contributed by atoms with Crippen molar-refractivity contribution in [1.82, 2.24) is 14.9 Å². The van der Waals surface area contributed by atoms with E-state index in [4.69, 9.17) is 0 Å². The van der Waals surface area contributed by atoms with Crippen molar-refractivity contribution in [2.45, 2.75) is 81.8 Å². The second-order valence-corrected chi connectivity index (χ2v) is 8.95. The SMILES string of the molecule is CC(C)n1c(S[C@H](C)C(=O)NC2CCCCCC2)nc2ccccc2c1=O. The van der Waals surface area contributed by atoms with E-state index in [1.807, 2.05) is 39.0 Å². The topological polar surface area (TPSA) is 64.0 Å². The number of thioether (sulfide) groups is 1. The monoisotopic (exact) mass is 387 g/mol. The summed E-state index contributed by atoms with van der Waals surface area (Å²) >= 11 is 1.37. The van der Waals surface area contributed by atoms with E-state index in [1.165, 1.54) is 37.4 Å². The molecule has 1 amide bonds. The largest absolute Gasteiger partial charge is 0.352 e. The molecule has 146 valence electrons.